The van der Waals surface area contributed by atoms with Crippen LogP contribution in [0.1, 0.15) is 64.2 Å². The molecule has 3 heteroatoms. The number of nitrogens with two attached hydrogens (primary N) is 1. The predicted molar refractivity (Wildman–Crippen MR) is 72.0 cm³/mol. The van der Waals surface area contributed by atoms with Gasteiger partial charge < -0.3 is 11.1 Å². The van der Waals surface area contributed by atoms with Gasteiger partial charge in [0.15, 0.2) is 0 Å². The highest BCUT2D eigenvalue weighted by Crippen LogP contribution is 2.52. The fourth-order valence-electron chi connectivity index (χ4n) is 3.88. The molecule has 3 saturated carbocycles. The second kappa shape index (κ2) is 4.84. The van der Waals surface area contributed by atoms with Gasteiger partial charge in [0.1, 0.15) is 5.54 Å². The molecule has 3 fully saturated rings. The maximum Gasteiger partial charge on any atom is 0.238 e. The summed E-state index contributed by atoms with van der Waals surface area (Å²) in [7, 11) is 0. The van der Waals surface area contributed by atoms with Gasteiger partial charge in [-0.2, -0.15) is 0 Å². The summed E-state index contributed by atoms with van der Waals surface area (Å²) in [6.07, 6.45) is 12.6. The van der Waals surface area contributed by atoms with Crippen LogP contribution in [-0.4, -0.2) is 17.5 Å². The molecule has 0 spiro atoms. The van der Waals surface area contributed by atoms with E-state index in [0.717, 1.165) is 0 Å². The Morgan fingerprint density at radius 3 is 1.78 bits per heavy atom. The number of rotatable bonds is 5. The fraction of sp³-hybridized carbons (Fsp3) is 0.933. The van der Waals surface area contributed by atoms with E-state index in [4.69, 9.17) is 5.73 Å². The minimum Gasteiger partial charge on any atom is -0.368 e. The van der Waals surface area contributed by atoms with E-state index in [1.165, 1.54) is 64.2 Å². The maximum atomic E-state index is 12.1. The molecule has 0 aromatic heterocycles. The van der Waals surface area contributed by atoms with Crippen LogP contribution < -0.4 is 11.1 Å². The minimum atomic E-state index is -0.338. The van der Waals surface area contributed by atoms with Crippen molar-refractivity contribution in [1.29, 1.82) is 0 Å². The first-order valence-electron chi connectivity index (χ1n) is 7.81. The van der Waals surface area contributed by atoms with E-state index in [9.17, 15) is 4.79 Å². The lowest BCUT2D eigenvalue weighted by Crippen LogP contribution is -2.62. The van der Waals surface area contributed by atoms with Crippen molar-refractivity contribution < 1.29 is 4.79 Å². The molecule has 0 bridgehead atoms. The molecule has 0 heterocycles. The zero-order valence-electron chi connectivity index (χ0n) is 11.3. The van der Waals surface area contributed by atoms with E-state index in [2.05, 4.69) is 5.32 Å². The van der Waals surface area contributed by atoms with Crippen molar-refractivity contribution in [3.8, 4) is 0 Å². The Morgan fingerprint density at radius 2 is 1.39 bits per heavy atom. The first-order valence-corrected chi connectivity index (χ1v) is 7.81. The number of carbonyl (C=O) groups is 1. The van der Waals surface area contributed by atoms with Gasteiger partial charge in [0.2, 0.25) is 5.91 Å². The van der Waals surface area contributed by atoms with Gasteiger partial charge in [-0.25, -0.2) is 0 Å². The lowest BCUT2D eigenvalue weighted by atomic mass is 9.85. The van der Waals surface area contributed by atoms with Crippen molar-refractivity contribution in [1.82, 2.24) is 5.32 Å². The number of primary amides is 1. The quantitative estimate of drug-likeness (QED) is 0.736. The standard InChI is InChI=1S/C15H26N2O/c16-14(18)15(11-7-8-11,12-9-10-12)17-13-5-3-1-2-4-6-13/h11-13,17H,1-10H2,(H2,16,18). The zero-order chi connectivity index (χ0) is 12.6. The Kier molecular flexibility index (Phi) is 3.35. The Morgan fingerprint density at radius 1 is 0.889 bits per heavy atom. The van der Waals surface area contributed by atoms with Crippen molar-refractivity contribution in [3.63, 3.8) is 0 Å². The van der Waals surface area contributed by atoms with Gasteiger partial charge in [-0.3, -0.25) is 4.79 Å². The third-order valence-corrected chi connectivity index (χ3v) is 5.15. The Labute approximate surface area is 110 Å². The van der Waals surface area contributed by atoms with Gasteiger partial charge in [0.25, 0.3) is 0 Å². The second-order valence-corrected chi connectivity index (χ2v) is 6.61. The maximum absolute atomic E-state index is 12.1. The Balaban J connectivity index is 1.73. The van der Waals surface area contributed by atoms with E-state index >= 15 is 0 Å². The summed E-state index contributed by atoms with van der Waals surface area (Å²) in [5, 5.41) is 3.76. The largest absolute Gasteiger partial charge is 0.368 e. The summed E-state index contributed by atoms with van der Waals surface area (Å²) >= 11 is 0. The van der Waals surface area contributed by atoms with Crippen molar-refractivity contribution in [2.75, 3.05) is 0 Å². The highest BCUT2D eigenvalue weighted by Gasteiger charge is 2.58. The molecule has 0 atom stereocenters. The van der Waals surface area contributed by atoms with E-state index in [-0.39, 0.29) is 11.4 Å². The Hall–Kier alpha value is -0.570. The van der Waals surface area contributed by atoms with Gasteiger partial charge in [0, 0.05) is 6.04 Å². The molecule has 3 N–H and O–H groups in total. The summed E-state index contributed by atoms with van der Waals surface area (Å²) in [5.74, 6) is 0.994. The van der Waals surface area contributed by atoms with E-state index in [0.29, 0.717) is 17.9 Å². The van der Waals surface area contributed by atoms with Crippen LogP contribution in [0.5, 0.6) is 0 Å². The molecular formula is C15H26N2O. The molecule has 0 aliphatic heterocycles. The third kappa shape index (κ3) is 2.29. The van der Waals surface area contributed by atoms with Crippen molar-refractivity contribution in [2.24, 2.45) is 17.6 Å². The molecule has 0 saturated heterocycles. The number of hydrogen-bond donors (Lipinski definition) is 2. The normalized spacial score (nSPS) is 26.9. The molecule has 3 nitrogen and oxygen atoms in total. The summed E-state index contributed by atoms with van der Waals surface area (Å²) < 4.78 is 0. The first kappa shape index (κ1) is 12.5. The molecule has 0 radical (unpaired) electrons. The third-order valence-electron chi connectivity index (χ3n) is 5.15. The number of hydrogen-bond acceptors (Lipinski definition) is 2. The molecule has 3 rings (SSSR count). The molecule has 18 heavy (non-hydrogen) atoms. The van der Waals surface area contributed by atoms with Gasteiger partial charge >= 0.3 is 0 Å². The topological polar surface area (TPSA) is 55.1 Å². The Bertz CT molecular complexity index is 300. The molecule has 0 unspecified atom stereocenters. The van der Waals surface area contributed by atoms with Crippen LogP contribution in [0.4, 0.5) is 0 Å². The van der Waals surface area contributed by atoms with Gasteiger partial charge in [-0.15, -0.1) is 0 Å². The van der Waals surface area contributed by atoms with Gasteiger partial charge in [-0.1, -0.05) is 25.7 Å². The average molecular weight is 250 g/mol. The lowest BCUT2D eigenvalue weighted by Gasteiger charge is -2.36. The van der Waals surface area contributed by atoms with Crippen LogP contribution in [0.2, 0.25) is 0 Å². The smallest absolute Gasteiger partial charge is 0.238 e. The zero-order valence-corrected chi connectivity index (χ0v) is 11.3. The summed E-state index contributed by atoms with van der Waals surface area (Å²) in [6, 6.07) is 0.529. The van der Waals surface area contributed by atoms with Crippen molar-refractivity contribution >= 4 is 5.91 Å². The van der Waals surface area contributed by atoms with Crippen LogP contribution in [-0.2, 0) is 4.79 Å². The molecule has 1 amide bonds. The van der Waals surface area contributed by atoms with E-state index in [1.807, 2.05) is 0 Å². The van der Waals surface area contributed by atoms with Gasteiger partial charge in [-0.05, 0) is 50.4 Å². The molecule has 102 valence electrons. The summed E-state index contributed by atoms with van der Waals surface area (Å²) in [5.41, 5.74) is 5.47. The van der Waals surface area contributed by atoms with Crippen LogP contribution in [0.3, 0.4) is 0 Å². The summed E-state index contributed by atoms with van der Waals surface area (Å²) in [6.45, 7) is 0. The monoisotopic (exact) mass is 250 g/mol. The average Bonchev–Trinajstić information content (AvgIpc) is 3.21. The van der Waals surface area contributed by atoms with Crippen LogP contribution >= 0.6 is 0 Å². The van der Waals surface area contributed by atoms with E-state index < -0.39 is 0 Å². The predicted octanol–water partition coefficient (Wildman–Crippen LogP) is 2.34. The molecule has 3 aliphatic carbocycles. The fourth-order valence-corrected chi connectivity index (χ4v) is 3.88. The number of carbonyl (C=O) groups excluding carboxylic acids is 1. The second-order valence-electron chi connectivity index (χ2n) is 6.61. The van der Waals surface area contributed by atoms with Crippen LogP contribution in [0.25, 0.3) is 0 Å². The molecular weight excluding hydrogens is 224 g/mol. The SMILES string of the molecule is NC(=O)C(NC1CCCCCC1)(C1CC1)C1CC1. The number of amides is 1. The minimum absolute atomic E-state index is 0.0725. The first-order chi connectivity index (χ1) is 8.73. The van der Waals surface area contributed by atoms with Crippen LogP contribution in [0, 0.1) is 11.8 Å². The van der Waals surface area contributed by atoms with Crippen LogP contribution in [0.15, 0.2) is 0 Å². The van der Waals surface area contributed by atoms with E-state index in [1.54, 1.807) is 0 Å². The van der Waals surface area contributed by atoms with Crippen molar-refractivity contribution in [2.45, 2.75) is 75.8 Å². The number of nitrogens with one attached hydrogen (secondary N) is 1. The molecule has 3 aliphatic rings. The van der Waals surface area contributed by atoms with Crippen molar-refractivity contribution in [3.05, 3.63) is 0 Å². The summed E-state index contributed by atoms with van der Waals surface area (Å²) in [4.78, 5) is 12.1. The highest BCUT2D eigenvalue weighted by molar-refractivity contribution is 5.86. The lowest BCUT2D eigenvalue weighted by molar-refractivity contribution is -0.126. The highest BCUT2D eigenvalue weighted by atomic mass is 16.1. The molecule has 0 aromatic rings. The van der Waals surface area contributed by atoms with Gasteiger partial charge in [0.05, 0.1) is 0 Å². The molecule has 0 aromatic carbocycles.